The molecule has 1 fully saturated rings. The Bertz CT molecular complexity index is 194. The summed E-state index contributed by atoms with van der Waals surface area (Å²) in [5.74, 6) is 0. The lowest BCUT2D eigenvalue weighted by molar-refractivity contribution is 0.137. The Balaban J connectivity index is 2.20. The van der Waals surface area contributed by atoms with Crippen molar-refractivity contribution < 1.29 is 9.84 Å². The van der Waals surface area contributed by atoms with Crippen LogP contribution in [0, 0.1) is 0 Å². The van der Waals surface area contributed by atoms with Gasteiger partial charge < -0.3 is 20.1 Å². The maximum Gasteiger partial charge on any atom is 0.0610 e. The average Bonchev–Trinajstić information content (AvgIpc) is 2.58. The summed E-state index contributed by atoms with van der Waals surface area (Å²) in [4.78, 5) is 2.47. The third kappa shape index (κ3) is 5.82. The van der Waals surface area contributed by atoms with Crippen molar-refractivity contribution in [1.82, 2.24) is 10.2 Å². The van der Waals surface area contributed by atoms with Crippen LogP contribution in [0.5, 0.6) is 0 Å². The van der Waals surface area contributed by atoms with Crippen molar-refractivity contribution in [3.8, 4) is 0 Å². The number of nitrogens with one attached hydrogen (secondary N) is 1. The molecule has 0 aromatic carbocycles. The Morgan fingerprint density at radius 3 is 2.88 bits per heavy atom. The summed E-state index contributed by atoms with van der Waals surface area (Å²) in [6.45, 7) is 10.4. The van der Waals surface area contributed by atoms with E-state index in [9.17, 15) is 5.11 Å². The molecule has 102 valence electrons. The largest absolute Gasteiger partial charge is 0.394 e. The quantitative estimate of drug-likeness (QED) is 0.697. The van der Waals surface area contributed by atoms with Gasteiger partial charge in [0.15, 0.2) is 0 Å². The first-order valence-corrected chi connectivity index (χ1v) is 6.86. The monoisotopic (exact) mass is 244 g/mol. The van der Waals surface area contributed by atoms with Crippen molar-refractivity contribution in [2.45, 2.75) is 38.6 Å². The van der Waals surface area contributed by atoms with Crippen LogP contribution in [0.2, 0.25) is 0 Å². The van der Waals surface area contributed by atoms with E-state index in [1.807, 2.05) is 0 Å². The molecular weight excluding hydrogens is 216 g/mol. The van der Waals surface area contributed by atoms with Crippen LogP contribution in [0.25, 0.3) is 0 Å². The Hall–Kier alpha value is -0.160. The highest BCUT2D eigenvalue weighted by Crippen LogP contribution is 2.12. The van der Waals surface area contributed by atoms with E-state index in [2.05, 4.69) is 24.1 Å². The van der Waals surface area contributed by atoms with Crippen LogP contribution in [0.4, 0.5) is 0 Å². The molecule has 1 aliphatic rings. The minimum absolute atomic E-state index is 0.114. The van der Waals surface area contributed by atoms with Gasteiger partial charge in [-0.25, -0.2) is 0 Å². The van der Waals surface area contributed by atoms with E-state index in [0.29, 0.717) is 0 Å². The highest BCUT2D eigenvalue weighted by molar-refractivity contribution is 4.82. The first kappa shape index (κ1) is 14.9. The highest BCUT2D eigenvalue weighted by Gasteiger charge is 2.21. The molecule has 2 N–H and O–H groups in total. The van der Waals surface area contributed by atoms with E-state index in [0.717, 1.165) is 58.7 Å². The molecule has 4 heteroatoms. The Labute approximate surface area is 105 Å². The molecule has 0 aromatic heterocycles. The summed E-state index contributed by atoms with van der Waals surface area (Å²) >= 11 is 0. The van der Waals surface area contributed by atoms with Crippen molar-refractivity contribution in [2.75, 3.05) is 46.0 Å². The summed E-state index contributed by atoms with van der Waals surface area (Å²) < 4.78 is 5.44. The predicted molar refractivity (Wildman–Crippen MR) is 70.3 cm³/mol. The molecule has 0 radical (unpaired) electrons. The lowest BCUT2D eigenvalue weighted by Gasteiger charge is -2.29. The molecule has 4 nitrogen and oxygen atoms in total. The number of ether oxygens (including phenoxy) is 1. The third-order valence-corrected chi connectivity index (χ3v) is 3.47. The lowest BCUT2D eigenvalue weighted by Crippen LogP contribution is -2.46. The number of aliphatic hydroxyl groups excluding tert-OH is 1. The van der Waals surface area contributed by atoms with Gasteiger partial charge in [-0.05, 0) is 39.3 Å². The number of likely N-dealkylation sites (N-methyl/N-ethyl adjacent to an activating group) is 1. The van der Waals surface area contributed by atoms with Crippen LogP contribution < -0.4 is 5.32 Å². The number of hydrogen-bond acceptors (Lipinski definition) is 4. The predicted octanol–water partition coefficient (Wildman–Crippen LogP) is 0.849. The molecule has 1 heterocycles. The summed E-state index contributed by atoms with van der Waals surface area (Å²) in [6.07, 6.45) is 3.29. The van der Waals surface area contributed by atoms with Gasteiger partial charge in [0.05, 0.1) is 13.2 Å². The second-order valence-electron chi connectivity index (χ2n) is 5.16. The molecule has 0 bridgehead atoms. The molecule has 0 spiro atoms. The van der Waals surface area contributed by atoms with Crippen molar-refractivity contribution in [2.24, 2.45) is 0 Å². The second-order valence-corrected chi connectivity index (χ2v) is 5.16. The molecular formula is C13H28N2O2. The second kappa shape index (κ2) is 8.03. The van der Waals surface area contributed by atoms with Crippen LogP contribution in [0.15, 0.2) is 0 Å². The SMILES string of the molecule is CCNC(C)(CO)CCCN1CCCOCC1. The standard InChI is InChI=1S/C13H28N2O2/c1-3-14-13(2,12-16)6-4-7-15-8-5-10-17-11-9-15/h14,16H,3-12H2,1-2H3. The van der Waals surface area contributed by atoms with Gasteiger partial charge in [0.1, 0.15) is 0 Å². The van der Waals surface area contributed by atoms with E-state index in [1.165, 1.54) is 0 Å². The van der Waals surface area contributed by atoms with Gasteiger partial charge in [0.2, 0.25) is 0 Å². The molecule has 17 heavy (non-hydrogen) atoms. The Kier molecular flexibility index (Phi) is 7.04. The minimum Gasteiger partial charge on any atom is -0.394 e. The zero-order valence-electron chi connectivity index (χ0n) is 11.4. The first-order valence-electron chi connectivity index (χ1n) is 6.86. The molecule has 0 amide bonds. The first-order chi connectivity index (χ1) is 8.20. The van der Waals surface area contributed by atoms with Crippen molar-refractivity contribution in [3.63, 3.8) is 0 Å². The van der Waals surface area contributed by atoms with Crippen molar-refractivity contribution >= 4 is 0 Å². The van der Waals surface area contributed by atoms with Gasteiger partial charge in [0, 0.05) is 25.2 Å². The Morgan fingerprint density at radius 1 is 1.35 bits per heavy atom. The fourth-order valence-corrected chi connectivity index (χ4v) is 2.36. The molecule has 0 saturated carbocycles. The number of nitrogens with zero attached hydrogens (tertiary/aromatic N) is 1. The molecule has 1 rings (SSSR count). The van der Waals surface area contributed by atoms with Crippen LogP contribution in [0.3, 0.4) is 0 Å². The van der Waals surface area contributed by atoms with Gasteiger partial charge >= 0.3 is 0 Å². The Morgan fingerprint density at radius 2 is 2.18 bits per heavy atom. The van der Waals surface area contributed by atoms with Crippen LogP contribution >= 0.6 is 0 Å². The van der Waals surface area contributed by atoms with Crippen LogP contribution in [-0.2, 0) is 4.74 Å². The van der Waals surface area contributed by atoms with Gasteiger partial charge in [-0.2, -0.15) is 0 Å². The number of aliphatic hydroxyl groups is 1. The normalized spacial score (nSPS) is 22.1. The van der Waals surface area contributed by atoms with Crippen molar-refractivity contribution in [3.05, 3.63) is 0 Å². The summed E-state index contributed by atoms with van der Waals surface area (Å²) in [7, 11) is 0. The van der Waals surface area contributed by atoms with E-state index < -0.39 is 0 Å². The summed E-state index contributed by atoms with van der Waals surface area (Å²) in [6, 6.07) is 0. The van der Waals surface area contributed by atoms with E-state index in [1.54, 1.807) is 0 Å². The topological polar surface area (TPSA) is 44.7 Å². The van der Waals surface area contributed by atoms with Gasteiger partial charge in [0.25, 0.3) is 0 Å². The lowest BCUT2D eigenvalue weighted by atomic mass is 9.96. The van der Waals surface area contributed by atoms with Crippen LogP contribution in [-0.4, -0.2) is 61.5 Å². The number of hydrogen-bond donors (Lipinski definition) is 2. The summed E-state index contributed by atoms with van der Waals surface area (Å²) in [5, 5.41) is 12.8. The third-order valence-electron chi connectivity index (χ3n) is 3.47. The zero-order chi connectivity index (χ0) is 12.6. The van der Waals surface area contributed by atoms with Crippen LogP contribution in [0.1, 0.15) is 33.1 Å². The maximum atomic E-state index is 9.40. The van der Waals surface area contributed by atoms with E-state index in [-0.39, 0.29) is 12.1 Å². The summed E-state index contributed by atoms with van der Waals surface area (Å²) in [5.41, 5.74) is -0.114. The van der Waals surface area contributed by atoms with Gasteiger partial charge in [-0.1, -0.05) is 6.92 Å². The minimum atomic E-state index is -0.114. The molecule has 1 saturated heterocycles. The van der Waals surface area contributed by atoms with Crippen molar-refractivity contribution in [1.29, 1.82) is 0 Å². The molecule has 1 atom stereocenters. The molecule has 1 unspecified atom stereocenters. The highest BCUT2D eigenvalue weighted by atomic mass is 16.5. The van der Waals surface area contributed by atoms with Gasteiger partial charge in [-0.3, -0.25) is 0 Å². The van der Waals surface area contributed by atoms with E-state index in [4.69, 9.17) is 4.74 Å². The molecule has 0 aromatic rings. The molecule has 0 aliphatic carbocycles. The smallest absolute Gasteiger partial charge is 0.0610 e. The fourth-order valence-electron chi connectivity index (χ4n) is 2.36. The molecule has 1 aliphatic heterocycles. The van der Waals surface area contributed by atoms with Gasteiger partial charge in [-0.15, -0.1) is 0 Å². The van der Waals surface area contributed by atoms with E-state index >= 15 is 0 Å². The average molecular weight is 244 g/mol. The fraction of sp³-hybridized carbons (Fsp3) is 1.00. The zero-order valence-corrected chi connectivity index (χ0v) is 11.4. The number of rotatable bonds is 7. The maximum absolute atomic E-state index is 9.40.